The van der Waals surface area contributed by atoms with E-state index in [9.17, 15) is 4.79 Å². The molecule has 0 aromatic carbocycles. The fraction of sp³-hybridized carbons (Fsp3) is 0.615. The predicted octanol–water partition coefficient (Wildman–Crippen LogP) is 1.90. The van der Waals surface area contributed by atoms with Crippen LogP contribution in [0.15, 0.2) is 23.5 Å². The van der Waals surface area contributed by atoms with Crippen LogP contribution in [-0.4, -0.2) is 38.8 Å². The van der Waals surface area contributed by atoms with E-state index in [2.05, 4.69) is 25.0 Å². The molecule has 0 spiro atoms. The number of dihydropyridines is 1. The fourth-order valence-corrected chi connectivity index (χ4v) is 2.77. The number of carbonyl (C=O) groups is 1. The van der Waals surface area contributed by atoms with Crippen molar-refractivity contribution in [1.82, 2.24) is 10.2 Å². The van der Waals surface area contributed by atoms with Gasteiger partial charge in [0.1, 0.15) is 12.6 Å². The topological polar surface area (TPSA) is 41.6 Å². The molecular formula is C13H22N2O2Si. The highest BCUT2D eigenvalue weighted by atomic mass is 28.3. The van der Waals surface area contributed by atoms with Crippen LogP contribution in [0.2, 0.25) is 25.7 Å². The Morgan fingerprint density at radius 1 is 1.44 bits per heavy atom. The molecule has 2 heterocycles. The first kappa shape index (κ1) is 13.4. The monoisotopic (exact) mass is 266 g/mol. The normalized spacial score (nSPS) is 19.3. The summed E-state index contributed by atoms with van der Waals surface area (Å²) in [6.07, 6.45) is 4.57. The quantitative estimate of drug-likeness (QED) is 0.610. The van der Waals surface area contributed by atoms with Gasteiger partial charge in [-0.25, -0.2) is 0 Å². The molecule has 0 aliphatic carbocycles. The van der Waals surface area contributed by atoms with Gasteiger partial charge in [-0.05, 0) is 6.04 Å². The lowest BCUT2D eigenvalue weighted by molar-refractivity contribution is -0.131. The van der Waals surface area contributed by atoms with Crippen molar-refractivity contribution in [2.24, 2.45) is 0 Å². The van der Waals surface area contributed by atoms with Crippen LogP contribution in [0, 0.1) is 0 Å². The number of carbonyl (C=O) groups excluding carboxylic acids is 1. The summed E-state index contributed by atoms with van der Waals surface area (Å²) < 4.78 is 5.65. The Morgan fingerprint density at radius 3 is 2.94 bits per heavy atom. The number of amides is 1. The molecule has 0 fully saturated rings. The maximum atomic E-state index is 11.9. The van der Waals surface area contributed by atoms with Gasteiger partial charge in [0.25, 0.3) is 0 Å². The predicted molar refractivity (Wildman–Crippen MR) is 74.6 cm³/mol. The third-order valence-electron chi connectivity index (χ3n) is 3.14. The first-order valence-corrected chi connectivity index (χ1v) is 10.2. The van der Waals surface area contributed by atoms with E-state index in [0.717, 1.165) is 30.6 Å². The molecule has 100 valence electrons. The minimum absolute atomic E-state index is 0.132. The zero-order chi connectivity index (χ0) is 13.2. The maximum absolute atomic E-state index is 11.9. The molecular weight excluding hydrogens is 244 g/mol. The molecule has 0 radical (unpaired) electrons. The van der Waals surface area contributed by atoms with Gasteiger partial charge in [-0.3, -0.25) is 9.69 Å². The highest BCUT2D eigenvalue weighted by molar-refractivity contribution is 6.76. The van der Waals surface area contributed by atoms with Gasteiger partial charge >= 0.3 is 0 Å². The lowest BCUT2D eigenvalue weighted by Crippen LogP contribution is -2.35. The van der Waals surface area contributed by atoms with Crippen LogP contribution in [0.4, 0.5) is 0 Å². The third-order valence-corrected chi connectivity index (χ3v) is 4.84. The molecule has 0 bridgehead atoms. The number of hydrogen-bond acceptors (Lipinski definition) is 3. The van der Waals surface area contributed by atoms with Gasteiger partial charge in [-0.2, -0.15) is 0 Å². The highest BCUT2D eigenvalue weighted by Crippen LogP contribution is 2.25. The van der Waals surface area contributed by atoms with Gasteiger partial charge in [-0.15, -0.1) is 0 Å². The second-order valence-electron chi connectivity index (χ2n) is 6.00. The smallest absolute Gasteiger partial charge is 0.234 e. The van der Waals surface area contributed by atoms with Gasteiger partial charge in [-0.1, -0.05) is 31.8 Å². The maximum Gasteiger partial charge on any atom is 0.234 e. The molecule has 0 atom stereocenters. The minimum atomic E-state index is -1.05. The molecule has 2 aliphatic heterocycles. The van der Waals surface area contributed by atoms with Crippen molar-refractivity contribution in [1.29, 1.82) is 0 Å². The molecule has 2 aliphatic rings. The van der Waals surface area contributed by atoms with Crippen molar-refractivity contribution >= 4 is 14.0 Å². The molecule has 0 unspecified atom stereocenters. The first-order chi connectivity index (χ1) is 8.47. The second kappa shape index (κ2) is 5.28. The van der Waals surface area contributed by atoms with Crippen molar-refractivity contribution in [2.75, 3.05) is 19.9 Å². The first-order valence-electron chi connectivity index (χ1n) is 6.49. The summed E-state index contributed by atoms with van der Waals surface area (Å²) in [5.74, 6) is 1.07. The van der Waals surface area contributed by atoms with Crippen molar-refractivity contribution < 1.29 is 9.53 Å². The second-order valence-corrected chi connectivity index (χ2v) is 11.6. The van der Waals surface area contributed by atoms with Crippen LogP contribution in [0.25, 0.3) is 0 Å². The van der Waals surface area contributed by atoms with E-state index in [1.54, 1.807) is 4.90 Å². The standard InChI is InChI=1S/C13H22N2O2Si/c1-18(2,3)8-7-17-10-15-12(16)9-11-5-4-6-14-13(11)15/h4-5,14H,6-10H2,1-3H3. The SMILES string of the molecule is C[Si](C)(C)CCOCN1C(=O)CC2=C1NCC=C2. The van der Waals surface area contributed by atoms with Crippen LogP contribution in [0.5, 0.6) is 0 Å². The van der Waals surface area contributed by atoms with Gasteiger partial charge < -0.3 is 10.1 Å². The largest absolute Gasteiger partial charge is 0.368 e. The number of nitrogens with one attached hydrogen (secondary N) is 1. The number of allylic oxidation sites excluding steroid dienone is 1. The summed E-state index contributed by atoms with van der Waals surface area (Å²) in [5, 5.41) is 3.25. The lowest BCUT2D eigenvalue weighted by atomic mass is 10.2. The summed E-state index contributed by atoms with van der Waals surface area (Å²) in [6, 6.07) is 1.13. The molecule has 0 aromatic rings. The molecule has 2 rings (SSSR count). The number of hydrogen-bond donors (Lipinski definition) is 1. The molecule has 0 saturated carbocycles. The Labute approximate surface area is 110 Å². The molecule has 0 aromatic heterocycles. The van der Waals surface area contributed by atoms with E-state index in [4.69, 9.17) is 4.74 Å². The van der Waals surface area contributed by atoms with Gasteiger partial charge in [0.2, 0.25) is 5.91 Å². The Bertz CT molecular complexity index is 396. The van der Waals surface area contributed by atoms with Crippen LogP contribution in [-0.2, 0) is 9.53 Å². The van der Waals surface area contributed by atoms with Gasteiger partial charge in [0, 0.05) is 26.8 Å². The molecule has 1 N–H and O–H groups in total. The van der Waals surface area contributed by atoms with E-state index >= 15 is 0 Å². The summed E-state index contributed by atoms with van der Waals surface area (Å²) >= 11 is 0. The summed E-state index contributed by atoms with van der Waals surface area (Å²) in [4.78, 5) is 13.6. The van der Waals surface area contributed by atoms with Crippen LogP contribution >= 0.6 is 0 Å². The number of rotatable bonds is 5. The Morgan fingerprint density at radius 2 is 2.22 bits per heavy atom. The Kier molecular flexibility index (Phi) is 3.92. The third kappa shape index (κ3) is 3.23. The van der Waals surface area contributed by atoms with Gasteiger partial charge in [0.15, 0.2) is 0 Å². The van der Waals surface area contributed by atoms with Crippen LogP contribution < -0.4 is 5.32 Å². The van der Waals surface area contributed by atoms with Gasteiger partial charge in [0.05, 0.1) is 6.42 Å². The number of ether oxygens (including phenoxy) is 1. The Hall–Kier alpha value is -1.07. The molecule has 5 heteroatoms. The van der Waals surface area contributed by atoms with E-state index in [1.807, 2.05) is 12.2 Å². The summed E-state index contributed by atoms with van der Waals surface area (Å²) in [6.45, 7) is 8.89. The zero-order valence-electron chi connectivity index (χ0n) is 11.5. The van der Waals surface area contributed by atoms with E-state index in [1.165, 1.54) is 0 Å². The molecule has 18 heavy (non-hydrogen) atoms. The van der Waals surface area contributed by atoms with Crippen LogP contribution in [0.1, 0.15) is 6.42 Å². The molecule has 4 nitrogen and oxygen atoms in total. The van der Waals surface area contributed by atoms with E-state index in [0.29, 0.717) is 13.2 Å². The highest BCUT2D eigenvalue weighted by Gasteiger charge is 2.29. The average Bonchev–Trinajstić information content (AvgIpc) is 2.59. The average molecular weight is 266 g/mol. The van der Waals surface area contributed by atoms with E-state index in [-0.39, 0.29) is 5.91 Å². The fourth-order valence-electron chi connectivity index (χ4n) is 2.01. The van der Waals surface area contributed by atoms with Crippen molar-refractivity contribution in [2.45, 2.75) is 32.1 Å². The van der Waals surface area contributed by atoms with Crippen molar-refractivity contribution in [3.8, 4) is 0 Å². The van der Waals surface area contributed by atoms with E-state index < -0.39 is 8.07 Å². The van der Waals surface area contributed by atoms with Crippen molar-refractivity contribution in [3.05, 3.63) is 23.5 Å². The molecule has 1 amide bonds. The zero-order valence-corrected chi connectivity index (χ0v) is 12.5. The lowest BCUT2D eigenvalue weighted by Gasteiger charge is -2.23. The minimum Gasteiger partial charge on any atom is -0.368 e. The summed E-state index contributed by atoms with van der Waals surface area (Å²) in [7, 11) is -1.05. The van der Waals surface area contributed by atoms with Crippen LogP contribution in [0.3, 0.4) is 0 Å². The van der Waals surface area contributed by atoms with Crippen molar-refractivity contribution in [3.63, 3.8) is 0 Å². The number of nitrogens with zero attached hydrogens (tertiary/aromatic N) is 1. The molecule has 0 saturated heterocycles. The summed E-state index contributed by atoms with van der Waals surface area (Å²) in [5.41, 5.74) is 1.08. The Balaban J connectivity index is 1.84.